The fourth-order valence-electron chi connectivity index (χ4n) is 11.4. The van der Waals surface area contributed by atoms with Gasteiger partial charge in [-0.2, -0.15) is 0 Å². The van der Waals surface area contributed by atoms with Crippen LogP contribution in [0.2, 0.25) is 0 Å². The Balaban J connectivity index is 1.06. The number of ether oxygens (including phenoxy) is 2. The molecule has 0 spiro atoms. The van der Waals surface area contributed by atoms with Gasteiger partial charge in [0, 0.05) is 24.9 Å². The minimum Gasteiger partial charge on any atom is -0.458 e. The fraction of sp³-hybridized carbons (Fsp3) is 0.480. The highest BCUT2D eigenvalue weighted by Gasteiger charge is 2.58. The van der Waals surface area contributed by atoms with Crippen molar-refractivity contribution in [2.45, 2.75) is 63.6 Å². The molecule has 4 aromatic rings. The van der Waals surface area contributed by atoms with E-state index >= 15 is 0 Å². The number of esters is 2. The van der Waals surface area contributed by atoms with Crippen molar-refractivity contribution < 1.29 is 38.2 Å². The molecule has 6 saturated carbocycles. The normalized spacial score (nSPS) is 27.1. The summed E-state index contributed by atoms with van der Waals surface area (Å²) in [4.78, 5) is 85.6. The molecular weight excluding hydrogens is 799 g/mol. The number of nitrogens with one attached hydrogen (secondary N) is 5. The first kappa shape index (κ1) is 44.0. The van der Waals surface area contributed by atoms with Crippen molar-refractivity contribution in [2.24, 2.45) is 47.3 Å². The van der Waals surface area contributed by atoms with Crippen molar-refractivity contribution in [3.8, 4) is 0 Å². The highest BCUT2D eigenvalue weighted by molar-refractivity contribution is 6.06. The molecule has 0 saturated heterocycles. The van der Waals surface area contributed by atoms with Gasteiger partial charge in [-0.3, -0.25) is 24.5 Å². The van der Waals surface area contributed by atoms with Crippen LogP contribution in [-0.4, -0.2) is 88.0 Å². The highest BCUT2D eigenvalue weighted by atomic mass is 16.5. The van der Waals surface area contributed by atoms with Crippen molar-refractivity contribution >= 4 is 57.1 Å². The molecule has 4 bridgehead atoms. The Hall–Kier alpha value is -5.66. The van der Waals surface area contributed by atoms with E-state index in [4.69, 9.17) is 9.47 Å². The summed E-state index contributed by atoms with van der Waals surface area (Å²) in [7, 11) is 3.68. The van der Waals surface area contributed by atoms with E-state index in [2.05, 4.69) is 26.6 Å². The molecule has 0 aromatic heterocycles. The van der Waals surface area contributed by atoms with Gasteiger partial charge in [-0.1, -0.05) is 72.8 Å². The third-order valence-corrected chi connectivity index (χ3v) is 14.3. The van der Waals surface area contributed by atoms with Gasteiger partial charge >= 0.3 is 11.9 Å². The van der Waals surface area contributed by atoms with E-state index < -0.39 is 71.5 Å². The second kappa shape index (κ2) is 19.8. The zero-order chi connectivity index (χ0) is 44.0. The van der Waals surface area contributed by atoms with Crippen molar-refractivity contribution in [3.63, 3.8) is 0 Å². The summed E-state index contributed by atoms with van der Waals surface area (Å²) < 4.78 is 12.5. The molecule has 4 amide bonds. The quantitative estimate of drug-likeness (QED) is 0.0574. The average Bonchev–Trinajstić information content (AvgIpc) is 3.31. The Morgan fingerprint density at radius 1 is 0.492 bits per heavy atom. The standard InChI is InChI=1S/C50H59N5O8/c1-51-23-9-25-53-45(56)41-31-19-21-37(39(27-31)62-49(60)35-17-7-13-29-11-3-5-15-33(29)35)43(41)47(58)55-48(59)44-38-22-20-32(42(44)46(57)54-26-10-24-52-2)28-40(38)63-50(61)36-18-8-14-30-12-4-6-16-34(30)36/h3-8,11-18,31-32,37-44,51-52H,9-10,19-28H2,1-2H3,(H,53,56)(H,54,57)(H,55,58,59). The summed E-state index contributed by atoms with van der Waals surface area (Å²) in [6.45, 7) is 2.23. The van der Waals surface area contributed by atoms with E-state index in [0.717, 1.165) is 21.5 Å². The minimum absolute atomic E-state index is 0.261. The van der Waals surface area contributed by atoms with Crippen LogP contribution in [0.4, 0.5) is 0 Å². The number of carbonyl (C=O) groups excluding carboxylic acids is 6. The third-order valence-electron chi connectivity index (χ3n) is 14.3. The molecule has 13 nitrogen and oxygen atoms in total. The molecule has 332 valence electrons. The molecule has 5 N–H and O–H groups in total. The Morgan fingerprint density at radius 2 is 0.905 bits per heavy atom. The second-order valence-electron chi connectivity index (χ2n) is 17.9. The highest BCUT2D eigenvalue weighted by Crippen LogP contribution is 2.52. The molecule has 13 heteroatoms. The van der Waals surface area contributed by atoms with E-state index in [1.54, 1.807) is 12.1 Å². The largest absolute Gasteiger partial charge is 0.458 e. The number of fused-ring (bicyclic) bond motifs is 8. The zero-order valence-electron chi connectivity index (χ0n) is 36.1. The number of imide groups is 1. The minimum atomic E-state index is -0.967. The summed E-state index contributed by atoms with van der Waals surface area (Å²) in [5.74, 6) is -7.78. The maximum Gasteiger partial charge on any atom is 0.339 e. The summed E-state index contributed by atoms with van der Waals surface area (Å²) >= 11 is 0. The third kappa shape index (κ3) is 9.22. The molecule has 0 heterocycles. The Bertz CT molecular complexity index is 2180. The first-order chi connectivity index (χ1) is 30.7. The Labute approximate surface area is 368 Å². The predicted molar refractivity (Wildman–Crippen MR) is 238 cm³/mol. The summed E-state index contributed by atoms with van der Waals surface area (Å²) in [6, 6.07) is 26.1. The van der Waals surface area contributed by atoms with Crippen LogP contribution in [0, 0.1) is 47.3 Å². The van der Waals surface area contributed by atoms with Crippen LogP contribution in [0.5, 0.6) is 0 Å². The van der Waals surface area contributed by atoms with Crippen LogP contribution in [-0.2, 0) is 28.7 Å². The van der Waals surface area contributed by atoms with E-state index in [1.807, 2.05) is 86.9 Å². The van der Waals surface area contributed by atoms with Gasteiger partial charge in [0.05, 0.1) is 34.8 Å². The van der Waals surface area contributed by atoms with E-state index in [-0.39, 0.29) is 23.7 Å². The number of hydrogen-bond donors (Lipinski definition) is 5. The fourth-order valence-corrected chi connectivity index (χ4v) is 11.4. The predicted octanol–water partition coefficient (Wildman–Crippen LogP) is 5.16. The van der Waals surface area contributed by atoms with Crippen molar-refractivity contribution in [1.29, 1.82) is 0 Å². The molecule has 10 rings (SSSR count). The summed E-state index contributed by atoms with van der Waals surface area (Å²) in [6.07, 6.45) is 3.31. The lowest BCUT2D eigenvalue weighted by Gasteiger charge is -2.51. The number of benzene rings is 4. The summed E-state index contributed by atoms with van der Waals surface area (Å²) in [5, 5.41) is 18.3. The number of carbonyl (C=O) groups is 6. The molecule has 6 aliphatic carbocycles. The van der Waals surface area contributed by atoms with Gasteiger partial charge < -0.3 is 30.7 Å². The van der Waals surface area contributed by atoms with Gasteiger partial charge in [-0.05, 0) is 124 Å². The topological polar surface area (TPSA) is 181 Å². The van der Waals surface area contributed by atoms with Gasteiger partial charge in [0.25, 0.3) is 0 Å². The smallest absolute Gasteiger partial charge is 0.339 e. The molecule has 63 heavy (non-hydrogen) atoms. The molecule has 10 atom stereocenters. The van der Waals surface area contributed by atoms with Gasteiger partial charge in [0.2, 0.25) is 23.6 Å². The number of rotatable bonds is 16. The first-order valence-electron chi connectivity index (χ1n) is 22.7. The van der Waals surface area contributed by atoms with Gasteiger partial charge in [0.15, 0.2) is 0 Å². The first-order valence-corrected chi connectivity index (χ1v) is 22.7. The van der Waals surface area contributed by atoms with Crippen molar-refractivity contribution in [3.05, 3.63) is 96.1 Å². The number of amides is 4. The van der Waals surface area contributed by atoms with Crippen LogP contribution in [0.3, 0.4) is 0 Å². The average molecular weight is 858 g/mol. The molecule has 6 aliphatic rings. The Morgan fingerprint density at radius 3 is 1.33 bits per heavy atom. The monoisotopic (exact) mass is 857 g/mol. The number of hydrogen-bond acceptors (Lipinski definition) is 10. The lowest BCUT2D eigenvalue weighted by atomic mass is 9.56. The zero-order valence-corrected chi connectivity index (χ0v) is 36.1. The lowest BCUT2D eigenvalue weighted by molar-refractivity contribution is -0.162. The van der Waals surface area contributed by atoms with Crippen LogP contribution in [0.1, 0.15) is 72.1 Å². The van der Waals surface area contributed by atoms with Crippen molar-refractivity contribution in [1.82, 2.24) is 26.6 Å². The van der Waals surface area contributed by atoms with Crippen LogP contribution in [0.15, 0.2) is 84.9 Å². The second-order valence-corrected chi connectivity index (χ2v) is 17.9. The van der Waals surface area contributed by atoms with Gasteiger partial charge in [-0.25, -0.2) is 9.59 Å². The van der Waals surface area contributed by atoms with Crippen LogP contribution >= 0.6 is 0 Å². The molecule has 4 aromatic carbocycles. The molecule has 0 radical (unpaired) electrons. The summed E-state index contributed by atoms with van der Waals surface area (Å²) in [5.41, 5.74) is 0.839. The molecular formula is C50H59N5O8. The van der Waals surface area contributed by atoms with Crippen molar-refractivity contribution in [2.75, 3.05) is 40.3 Å². The maximum atomic E-state index is 14.8. The molecule has 0 aliphatic heterocycles. The van der Waals surface area contributed by atoms with Crippen LogP contribution < -0.4 is 26.6 Å². The van der Waals surface area contributed by atoms with E-state index in [9.17, 15) is 28.8 Å². The SMILES string of the molecule is CNCCCNC(=O)C1C2CCC(C(OC(=O)c3cccc4ccccc34)C2)C1C(=O)NC(=O)C1C2CCC(CC2OC(=O)c2cccc3ccccc23)C1C(=O)NCCCNC. The van der Waals surface area contributed by atoms with E-state index in [0.29, 0.717) is 88.7 Å². The Kier molecular flexibility index (Phi) is 13.8. The van der Waals surface area contributed by atoms with E-state index in [1.165, 1.54) is 0 Å². The van der Waals surface area contributed by atoms with Gasteiger partial charge in [0.1, 0.15) is 12.2 Å². The maximum absolute atomic E-state index is 14.8. The molecule has 6 fully saturated rings. The molecule has 10 unspecified atom stereocenters. The lowest BCUT2D eigenvalue weighted by Crippen LogP contribution is -2.61. The van der Waals surface area contributed by atoms with Gasteiger partial charge in [-0.15, -0.1) is 0 Å². The van der Waals surface area contributed by atoms with Crippen LogP contribution in [0.25, 0.3) is 21.5 Å².